The summed E-state index contributed by atoms with van der Waals surface area (Å²) >= 11 is 6.37. The predicted octanol–water partition coefficient (Wildman–Crippen LogP) is 4.62. The van der Waals surface area contributed by atoms with E-state index in [1.165, 1.54) is 0 Å². The second-order valence-corrected chi connectivity index (χ2v) is 8.67. The fraction of sp³-hybridized carbons (Fsp3) is 0.250. The summed E-state index contributed by atoms with van der Waals surface area (Å²) in [7, 11) is 0. The number of aryl methyl sites for hydroxylation is 1. The van der Waals surface area contributed by atoms with E-state index >= 15 is 0 Å². The Balaban J connectivity index is 1.78. The van der Waals surface area contributed by atoms with E-state index in [1.807, 2.05) is 33.7 Å². The lowest BCUT2D eigenvalue weighted by Crippen LogP contribution is -2.36. The number of benzene rings is 2. The molecule has 0 bridgehead atoms. The number of rotatable bonds is 3. The van der Waals surface area contributed by atoms with Gasteiger partial charge in [0, 0.05) is 35.9 Å². The van der Waals surface area contributed by atoms with E-state index in [0.717, 1.165) is 11.1 Å². The van der Waals surface area contributed by atoms with Crippen LogP contribution in [0.3, 0.4) is 0 Å². The van der Waals surface area contributed by atoms with Gasteiger partial charge in [-0.05, 0) is 31.2 Å². The molecule has 3 heterocycles. The van der Waals surface area contributed by atoms with E-state index in [9.17, 15) is 13.2 Å². The Labute approximate surface area is 208 Å². The Bertz CT molecular complexity index is 1520. The lowest BCUT2D eigenvalue weighted by atomic mass is 10.1. The number of hydrogen-bond donors (Lipinski definition) is 2. The van der Waals surface area contributed by atoms with Gasteiger partial charge in [0.05, 0.1) is 35.0 Å². The van der Waals surface area contributed by atoms with E-state index in [2.05, 4.69) is 15.0 Å². The number of anilines is 1. The molecule has 4 aromatic rings. The Morgan fingerprint density at radius 3 is 2.64 bits per heavy atom. The Hall–Kier alpha value is -3.70. The highest BCUT2D eigenvalue weighted by atomic mass is 35.5. The maximum absolute atomic E-state index is 13.1. The van der Waals surface area contributed by atoms with Gasteiger partial charge in [-0.1, -0.05) is 23.7 Å². The van der Waals surface area contributed by atoms with Crippen molar-refractivity contribution < 1.29 is 17.9 Å². The van der Waals surface area contributed by atoms with Crippen molar-refractivity contribution in [3.05, 3.63) is 59.0 Å². The van der Waals surface area contributed by atoms with Gasteiger partial charge in [-0.15, -0.1) is 0 Å². The molecule has 0 spiro atoms. The van der Waals surface area contributed by atoms with Crippen LogP contribution in [0.4, 0.5) is 18.9 Å². The van der Waals surface area contributed by atoms with Crippen LogP contribution in [0.2, 0.25) is 5.02 Å². The summed E-state index contributed by atoms with van der Waals surface area (Å²) in [5, 5.41) is 9.66. The second-order valence-electron chi connectivity index (χ2n) is 8.26. The number of morpholine rings is 1. The van der Waals surface area contributed by atoms with Crippen molar-refractivity contribution in [2.75, 3.05) is 31.2 Å². The van der Waals surface area contributed by atoms with Crippen LogP contribution < -0.4 is 10.6 Å². The third kappa shape index (κ3) is 4.24. The van der Waals surface area contributed by atoms with Crippen LogP contribution in [0, 0.1) is 12.3 Å². The maximum Gasteiger partial charge on any atom is 0.449 e. The van der Waals surface area contributed by atoms with E-state index in [4.69, 9.17) is 27.5 Å². The molecule has 0 unspecified atom stereocenters. The van der Waals surface area contributed by atoms with Gasteiger partial charge < -0.3 is 15.4 Å². The third-order valence-electron chi connectivity index (χ3n) is 6.01. The molecular weight excluding hydrogens is 495 g/mol. The smallest absolute Gasteiger partial charge is 0.380 e. The van der Waals surface area contributed by atoms with Gasteiger partial charge in [-0.25, -0.2) is 9.98 Å². The molecule has 12 heteroatoms. The average Bonchev–Trinajstić information content (AvgIpc) is 3.18. The lowest BCUT2D eigenvalue weighted by molar-refractivity contribution is -0.0597. The first-order valence-corrected chi connectivity index (χ1v) is 11.4. The molecule has 0 amide bonds. The minimum Gasteiger partial charge on any atom is -0.380 e. The largest absolute Gasteiger partial charge is 0.449 e. The normalized spacial score (nSPS) is 15.1. The quantitative estimate of drug-likeness (QED) is 0.306. The fourth-order valence-electron chi connectivity index (χ4n) is 4.33. The summed E-state index contributed by atoms with van der Waals surface area (Å²) in [4.78, 5) is 14.4. The number of amidine groups is 2. The zero-order chi connectivity index (χ0) is 25.6. The van der Waals surface area contributed by atoms with Crippen molar-refractivity contribution >= 4 is 50.9 Å². The fourth-order valence-corrected chi connectivity index (χ4v) is 4.55. The number of pyridine rings is 1. The minimum atomic E-state index is -4.85. The molecule has 5 rings (SSSR count). The first-order valence-electron chi connectivity index (χ1n) is 11.0. The molecule has 8 nitrogen and oxygen atoms in total. The number of nitrogens with one attached hydrogen (secondary N) is 1. The molecule has 186 valence electrons. The summed E-state index contributed by atoms with van der Waals surface area (Å²) in [5.74, 6) is -1.65. The SMILES string of the molecule is Cc1nc2c(C(=N)N=C(N)C(F)(F)F)cc(N3CCOCC3)cc2n1-c1ccnc2c(Cl)cccc12. The summed E-state index contributed by atoms with van der Waals surface area (Å²) in [6.07, 6.45) is -3.21. The van der Waals surface area contributed by atoms with Crippen molar-refractivity contribution in [3.63, 3.8) is 0 Å². The number of halogens is 4. The highest BCUT2D eigenvalue weighted by Crippen LogP contribution is 2.33. The van der Waals surface area contributed by atoms with Gasteiger partial charge in [0.25, 0.3) is 0 Å². The van der Waals surface area contributed by atoms with Crippen molar-refractivity contribution in [2.24, 2.45) is 10.7 Å². The average molecular weight is 516 g/mol. The van der Waals surface area contributed by atoms with Crippen LogP contribution in [-0.4, -0.2) is 58.7 Å². The number of imidazole rings is 1. The second kappa shape index (κ2) is 9.07. The number of alkyl halides is 3. The predicted molar refractivity (Wildman–Crippen MR) is 134 cm³/mol. The highest BCUT2D eigenvalue weighted by Gasteiger charge is 2.34. The molecule has 1 aliphatic heterocycles. The van der Waals surface area contributed by atoms with Gasteiger partial charge in [0.15, 0.2) is 5.84 Å². The van der Waals surface area contributed by atoms with Gasteiger partial charge in [-0.2, -0.15) is 13.2 Å². The van der Waals surface area contributed by atoms with Gasteiger partial charge in [-0.3, -0.25) is 15.0 Å². The molecule has 1 saturated heterocycles. The van der Waals surface area contributed by atoms with Crippen LogP contribution in [-0.2, 0) is 4.74 Å². The number of nitrogens with two attached hydrogens (primary N) is 1. The van der Waals surface area contributed by atoms with E-state index in [0.29, 0.717) is 59.4 Å². The Morgan fingerprint density at radius 1 is 1.17 bits per heavy atom. The molecular formula is C24H21ClF3N7O. The number of hydrogen-bond acceptors (Lipinski definition) is 5. The summed E-state index contributed by atoms with van der Waals surface area (Å²) < 4.78 is 46.5. The monoisotopic (exact) mass is 515 g/mol. The number of nitrogens with zero attached hydrogens (tertiary/aromatic N) is 5. The molecule has 0 atom stereocenters. The van der Waals surface area contributed by atoms with Crippen molar-refractivity contribution in [2.45, 2.75) is 13.1 Å². The number of fused-ring (bicyclic) bond motifs is 2. The Kier molecular flexibility index (Phi) is 6.05. The number of ether oxygens (including phenoxy) is 1. The molecule has 2 aromatic carbocycles. The zero-order valence-corrected chi connectivity index (χ0v) is 19.9. The molecule has 3 N–H and O–H groups in total. The van der Waals surface area contributed by atoms with Gasteiger partial charge in [0.2, 0.25) is 5.84 Å². The molecule has 0 radical (unpaired) electrons. The molecule has 1 aliphatic rings. The van der Waals surface area contributed by atoms with Crippen LogP contribution in [0.15, 0.2) is 47.6 Å². The zero-order valence-electron chi connectivity index (χ0n) is 19.1. The number of para-hydroxylation sites is 1. The maximum atomic E-state index is 13.1. The summed E-state index contributed by atoms with van der Waals surface area (Å²) in [6, 6.07) is 10.8. The molecule has 1 fully saturated rings. The summed E-state index contributed by atoms with van der Waals surface area (Å²) in [6.45, 7) is 3.98. The molecule has 0 aliphatic carbocycles. The highest BCUT2D eigenvalue weighted by molar-refractivity contribution is 6.35. The lowest BCUT2D eigenvalue weighted by Gasteiger charge is -2.29. The van der Waals surface area contributed by atoms with Crippen LogP contribution in [0.5, 0.6) is 0 Å². The first kappa shape index (κ1) is 24.0. The molecule has 36 heavy (non-hydrogen) atoms. The third-order valence-corrected chi connectivity index (χ3v) is 6.31. The summed E-state index contributed by atoms with van der Waals surface area (Å²) in [5.41, 5.74) is 8.27. The van der Waals surface area contributed by atoms with Gasteiger partial charge in [0.1, 0.15) is 11.3 Å². The van der Waals surface area contributed by atoms with Crippen LogP contribution in [0.1, 0.15) is 11.4 Å². The van der Waals surface area contributed by atoms with Crippen molar-refractivity contribution in [3.8, 4) is 5.69 Å². The van der Waals surface area contributed by atoms with Gasteiger partial charge >= 0.3 is 6.18 Å². The standard InChI is InChI=1S/C24H21ClF3N7O/c1-13-32-21-16(22(29)33-23(30)24(26,27)28)11-14(34-7-9-36-10-8-34)12-19(21)35(13)18-5-6-31-20-15(18)3-2-4-17(20)25/h2-6,11-12H,7-10H2,1H3,(H3,29,30,33). The Morgan fingerprint density at radius 2 is 1.92 bits per heavy atom. The van der Waals surface area contributed by atoms with E-state index in [1.54, 1.807) is 25.3 Å². The van der Waals surface area contributed by atoms with E-state index < -0.39 is 17.8 Å². The number of aromatic nitrogens is 3. The number of aliphatic imine (C=N–C) groups is 1. The van der Waals surface area contributed by atoms with Crippen LogP contribution in [0.25, 0.3) is 27.6 Å². The van der Waals surface area contributed by atoms with Crippen LogP contribution >= 0.6 is 11.6 Å². The van der Waals surface area contributed by atoms with Crippen molar-refractivity contribution in [1.82, 2.24) is 14.5 Å². The van der Waals surface area contributed by atoms with E-state index in [-0.39, 0.29) is 5.56 Å². The molecule has 2 aromatic heterocycles. The first-order chi connectivity index (χ1) is 17.1. The minimum absolute atomic E-state index is 0.138. The molecule has 0 saturated carbocycles. The van der Waals surface area contributed by atoms with Crippen molar-refractivity contribution in [1.29, 1.82) is 5.41 Å². The topological polar surface area (TPSA) is 105 Å².